The Morgan fingerprint density at radius 2 is 1.79 bits per heavy atom. The standard InChI is InChI=1S/C12H18N2O5/c1-8(15)13-9(12(18)19-2)7-14-10(16)5-3-4-6-11(14)17/h9H,3-7H2,1-2H3,(H,13,15). The van der Waals surface area contributed by atoms with Gasteiger partial charge in [0.15, 0.2) is 0 Å². The quantitative estimate of drug-likeness (QED) is 0.554. The number of hydrogen-bond donors (Lipinski definition) is 1. The van der Waals surface area contributed by atoms with Crippen LogP contribution >= 0.6 is 0 Å². The molecule has 1 fully saturated rings. The second-order valence-corrected chi connectivity index (χ2v) is 4.38. The fourth-order valence-corrected chi connectivity index (χ4v) is 1.91. The highest BCUT2D eigenvalue weighted by Crippen LogP contribution is 2.13. The number of carbonyl (C=O) groups excluding carboxylic acids is 4. The van der Waals surface area contributed by atoms with Crippen LogP contribution in [0.1, 0.15) is 32.6 Å². The van der Waals surface area contributed by atoms with Gasteiger partial charge in [0.1, 0.15) is 6.04 Å². The van der Waals surface area contributed by atoms with Gasteiger partial charge in [-0.2, -0.15) is 0 Å². The lowest BCUT2D eigenvalue weighted by Crippen LogP contribution is -2.51. The van der Waals surface area contributed by atoms with E-state index in [1.165, 1.54) is 14.0 Å². The van der Waals surface area contributed by atoms with E-state index in [-0.39, 0.29) is 31.2 Å². The van der Waals surface area contributed by atoms with E-state index in [1.807, 2.05) is 0 Å². The zero-order valence-corrected chi connectivity index (χ0v) is 11.1. The van der Waals surface area contributed by atoms with E-state index in [1.54, 1.807) is 0 Å². The van der Waals surface area contributed by atoms with Crippen LogP contribution in [0.4, 0.5) is 0 Å². The summed E-state index contributed by atoms with van der Waals surface area (Å²) in [6, 6.07) is -1.02. The highest BCUT2D eigenvalue weighted by molar-refractivity contribution is 5.97. The minimum atomic E-state index is -1.02. The summed E-state index contributed by atoms with van der Waals surface area (Å²) in [6.45, 7) is 1.08. The van der Waals surface area contributed by atoms with Crippen LogP contribution < -0.4 is 5.32 Å². The first-order valence-electron chi connectivity index (χ1n) is 6.14. The summed E-state index contributed by atoms with van der Waals surface area (Å²) in [4.78, 5) is 47.2. The van der Waals surface area contributed by atoms with Gasteiger partial charge in [-0.1, -0.05) is 0 Å². The molecule has 1 atom stereocenters. The Kier molecular flexibility index (Phi) is 5.47. The molecule has 1 saturated heterocycles. The summed E-state index contributed by atoms with van der Waals surface area (Å²) >= 11 is 0. The Hall–Kier alpha value is -1.92. The van der Waals surface area contributed by atoms with Crippen molar-refractivity contribution in [3.63, 3.8) is 0 Å². The molecule has 19 heavy (non-hydrogen) atoms. The molecule has 106 valence electrons. The number of nitrogens with zero attached hydrogens (tertiary/aromatic N) is 1. The summed E-state index contributed by atoms with van der Waals surface area (Å²) < 4.78 is 4.55. The Morgan fingerprint density at radius 3 is 2.21 bits per heavy atom. The van der Waals surface area contributed by atoms with Crippen LogP contribution in [0.5, 0.6) is 0 Å². The number of likely N-dealkylation sites (tertiary alicyclic amines) is 1. The van der Waals surface area contributed by atoms with Crippen molar-refractivity contribution in [3.05, 3.63) is 0 Å². The van der Waals surface area contributed by atoms with Crippen molar-refractivity contribution >= 4 is 23.7 Å². The molecule has 3 amide bonds. The van der Waals surface area contributed by atoms with Crippen molar-refractivity contribution in [1.29, 1.82) is 0 Å². The van der Waals surface area contributed by atoms with E-state index >= 15 is 0 Å². The maximum atomic E-state index is 11.8. The second kappa shape index (κ2) is 6.86. The number of methoxy groups -OCH3 is 1. The largest absolute Gasteiger partial charge is 0.467 e. The van der Waals surface area contributed by atoms with Gasteiger partial charge in [-0.25, -0.2) is 4.79 Å². The maximum absolute atomic E-state index is 11.8. The topological polar surface area (TPSA) is 92.8 Å². The molecule has 0 aromatic rings. The van der Waals surface area contributed by atoms with Crippen molar-refractivity contribution in [1.82, 2.24) is 10.2 Å². The van der Waals surface area contributed by atoms with Crippen molar-refractivity contribution < 1.29 is 23.9 Å². The molecule has 0 aromatic heterocycles. The maximum Gasteiger partial charge on any atom is 0.330 e. The van der Waals surface area contributed by atoms with Gasteiger partial charge in [-0.15, -0.1) is 0 Å². The number of nitrogens with one attached hydrogen (secondary N) is 1. The smallest absolute Gasteiger partial charge is 0.330 e. The van der Waals surface area contributed by atoms with Crippen LogP contribution in [0, 0.1) is 0 Å². The van der Waals surface area contributed by atoms with E-state index in [2.05, 4.69) is 10.1 Å². The molecule has 0 spiro atoms. The molecule has 1 heterocycles. The molecule has 1 N–H and O–H groups in total. The van der Waals surface area contributed by atoms with E-state index in [0.29, 0.717) is 12.8 Å². The fraction of sp³-hybridized carbons (Fsp3) is 0.667. The van der Waals surface area contributed by atoms with Gasteiger partial charge < -0.3 is 10.1 Å². The molecular weight excluding hydrogens is 252 g/mol. The number of imide groups is 1. The van der Waals surface area contributed by atoms with Crippen LogP contribution in [0.25, 0.3) is 0 Å². The zero-order chi connectivity index (χ0) is 14.4. The molecule has 1 aliphatic heterocycles. The number of esters is 1. The number of rotatable bonds is 4. The normalized spacial score (nSPS) is 17.7. The summed E-state index contributed by atoms with van der Waals surface area (Å²) in [6.07, 6.45) is 1.87. The third-order valence-corrected chi connectivity index (χ3v) is 2.86. The van der Waals surface area contributed by atoms with Crippen LogP contribution in [0.2, 0.25) is 0 Å². The monoisotopic (exact) mass is 270 g/mol. The van der Waals surface area contributed by atoms with Gasteiger partial charge in [0.05, 0.1) is 13.7 Å². The van der Waals surface area contributed by atoms with Crippen LogP contribution in [0.3, 0.4) is 0 Å². The summed E-state index contributed by atoms with van der Waals surface area (Å²) in [5, 5.41) is 2.38. The van der Waals surface area contributed by atoms with Crippen LogP contribution in [0.15, 0.2) is 0 Å². The van der Waals surface area contributed by atoms with Gasteiger partial charge in [-0.3, -0.25) is 19.3 Å². The van der Waals surface area contributed by atoms with Crippen molar-refractivity contribution in [2.45, 2.75) is 38.6 Å². The third kappa shape index (κ3) is 4.35. The highest BCUT2D eigenvalue weighted by atomic mass is 16.5. The summed E-state index contributed by atoms with van der Waals surface area (Å²) in [5.41, 5.74) is 0. The minimum Gasteiger partial charge on any atom is -0.467 e. The SMILES string of the molecule is COC(=O)C(CN1C(=O)CCCCC1=O)NC(C)=O. The van der Waals surface area contributed by atoms with Crippen molar-refractivity contribution in [3.8, 4) is 0 Å². The predicted molar refractivity (Wildman–Crippen MR) is 64.8 cm³/mol. The molecule has 0 saturated carbocycles. The number of amides is 3. The summed E-state index contributed by atoms with van der Waals surface area (Å²) in [7, 11) is 1.18. The van der Waals surface area contributed by atoms with Gasteiger partial charge in [0, 0.05) is 19.8 Å². The molecule has 0 aliphatic carbocycles. The molecule has 1 rings (SSSR count). The minimum absolute atomic E-state index is 0.177. The highest BCUT2D eigenvalue weighted by Gasteiger charge is 2.30. The number of carbonyl (C=O) groups is 4. The molecule has 7 nitrogen and oxygen atoms in total. The molecule has 0 radical (unpaired) electrons. The molecular formula is C12H18N2O5. The average Bonchev–Trinajstić information content (AvgIpc) is 2.51. The number of ether oxygens (including phenoxy) is 1. The Labute approximate surface area is 111 Å². The Morgan fingerprint density at radius 1 is 1.26 bits per heavy atom. The zero-order valence-electron chi connectivity index (χ0n) is 11.1. The van der Waals surface area contributed by atoms with E-state index in [0.717, 1.165) is 4.90 Å². The first kappa shape index (κ1) is 15.1. The lowest BCUT2D eigenvalue weighted by Gasteiger charge is -2.24. The number of hydrogen-bond acceptors (Lipinski definition) is 5. The van der Waals surface area contributed by atoms with Gasteiger partial charge >= 0.3 is 5.97 Å². The first-order chi connectivity index (χ1) is 8.95. The van der Waals surface area contributed by atoms with E-state index in [4.69, 9.17) is 0 Å². The molecule has 7 heteroatoms. The Bertz CT molecular complexity index is 376. The molecule has 1 aliphatic rings. The van der Waals surface area contributed by atoms with Gasteiger partial charge in [0.2, 0.25) is 17.7 Å². The average molecular weight is 270 g/mol. The molecule has 0 aromatic carbocycles. The summed E-state index contributed by atoms with van der Waals surface area (Å²) in [5.74, 6) is -1.74. The first-order valence-corrected chi connectivity index (χ1v) is 6.14. The van der Waals surface area contributed by atoms with Gasteiger partial charge in [-0.05, 0) is 12.8 Å². The van der Waals surface area contributed by atoms with Crippen LogP contribution in [-0.4, -0.2) is 48.3 Å². The van der Waals surface area contributed by atoms with Crippen LogP contribution in [-0.2, 0) is 23.9 Å². The van der Waals surface area contributed by atoms with Gasteiger partial charge in [0.25, 0.3) is 0 Å². The lowest BCUT2D eigenvalue weighted by molar-refractivity contribution is -0.149. The molecule has 1 unspecified atom stereocenters. The lowest BCUT2D eigenvalue weighted by atomic mass is 10.2. The fourth-order valence-electron chi connectivity index (χ4n) is 1.91. The second-order valence-electron chi connectivity index (χ2n) is 4.38. The predicted octanol–water partition coefficient (Wildman–Crippen LogP) is -0.407. The Balaban J connectivity index is 2.80. The van der Waals surface area contributed by atoms with E-state index < -0.39 is 17.9 Å². The third-order valence-electron chi connectivity index (χ3n) is 2.86. The molecule has 0 bridgehead atoms. The van der Waals surface area contributed by atoms with Crippen molar-refractivity contribution in [2.75, 3.05) is 13.7 Å². The van der Waals surface area contributed by atoms with Crippen molar-refractivity contribution in [2.24, 2.45) is 0 Å². The van der Waals surface area contributed by atoms with E-state index in [9.17, 15) is 19.2 Å².